The third-order valence-corrected chi connectivity index (χ3v) is 3.70. The number of fused-ring (bicyclic) bond motifs is 1. The summed E-state index contributed by atoms with van der Waals surface area (Å²) in [5.74, 6) is -0.630. The SMILES string of the molecule is Nc1cccc(Cl)c1CN1C(=O)c2ccccc2C1=O. The highest BCUT2D eigenvalue weighted by molar-refractivity contribution is 6.31. The highest BCUT2D eigenvalue weighted by Crippen LogP contribution is 2.28. The molecule has 0 fully saturated rings. The Kier molecular flexibility index (Phi) is 2.95. The maximum absolute atomic E-state index is 12.3. The van der Waals surface area contributed by atoms with Crippen molar-refractivity contribution < 1.29 is 9.59 Å². The minimum Gasteiger partial charge on any atom is -0.398 e. The molecule has 2 aromatic carbocycles. The van der Waals surface area contributed by atoms with Crippen molar-refractivity contribution in [1.29, 1.82) is 0 Å². The molecule has 1 aliphatic rings. The van der Waals surface area contributed by atoms with Crippen LogP contribution < -0.4 is 5.73 Å². The van der Waals surface area contributed by atoms with Crippen molar-refractivity contribution in [3.8, 4) is 0 Å². The molecule has 0 spiro atoms. The van der Waals surface area contributed by atoms with Gasteiger partial charge in [-0.25, -0.2) is 0 Å². The van der Waals surface area contributed by atoms with E-state index in [9.17, 15) is 9.59 Å². The van der Waals surface area contributed by atoms with Crippen molar-refractivity contribution in [3.63, 3.8) is 0 Å². The second-order valence-corrected chi connectivity index (χ2v) is 4.96. The summed E-state index contributed by atoms with van der Waals surface area (Å²) in [5, 5.41) is 0.446. The number of rotatable bonds is 2. The van der Waals surface area contributed by atoms with Crippen molar-refractivity contribution in [2.45, 2.75) is 6.54 Å². The fourth-order valence-electron chi connectivity index (χ4n) is 2.28. The number of imide groups is 1. The van der Waals surface area contributed by atoms with Crippen molar-refractivity contribution in [2.75, 3.05) is 5.73 Å². The van der Waals surface area contributed by atoms with E-state index in [1.807, 2.05) is 0 Å². The Labute approximate surface area is 120 Å². The number of anilines is 1. The Morgan fingerprint density at radius 2 is 1.55 bits per heavy atom. The van der Waals surface area contributed by atoms with Crippen LogP contribution in [0.4, 0.5) is 5.69 Å². The van der Waals surface area contributed by atoms with Gasteiger partial charge in [0.2, 0.25) is 0 Å². The van der Waals surface area contributed by atoms with E-state index in [1.54, 1.807) is 42.5 Å². The molecule has 2 aromatic rings. The number of carbonyl (C=O) groups excluding carboxylic acids is 2. The number of nitrogens with zero attached hydrogens (tertiary/aromatic N) is 1. The zero-order valence-electron chi connectivity index (χ0n) is 10.5. The van der Waals surface area contributed by atoms with Gasteiger partial charge in [0.05, 0.1) is 17.7 Å². The lowest BCUT2D eigenvalue weighted by Gasteiger charge is -2.16. The number of nitrogen functional groups attached to an aromatic ring is 1. The number of carbonyl (C=O) groups is 2. The number of benzene rings is 2. The van der Waals surface area contributed by atoms with Gasteiger partial charge in [0.15, 0.2) is 0 Å². The van der Waals surface area contributed by atoms with E-state index in [2.05, 4.69) is 0 Å². The minimum atomic E-state index is -0.315. The zero-order valence-corrected chi connectivity index (χ0v) is 11.2. The molecule has 20 heavy (non-hydrogen) atoms. The molecular formula is C15H11ClN2O2. The van der Waals surface area contributed by atoms with Crippen LogP contribution in [0.3, 0.4) is 0 Å². The summed E-state index contributed by atoms with van der Waals surface area (Å²) in [7, 11) is 0. The molecule has 0 bridgehead atoms. The summed E-state index contributed by atoms with van der Waals surface area (Å²) in [6, 6.07) is 11.9. The molecule has 5 heteroatoms. The molecule has 0 saturated heterocycles. The fourth-order valence-corrected chi connectivity index (χ4v) is 2.52. The Morgan fingerprint density at radius 1 is 0.950 bits per heavy atom. The molecule has 0 aromatic heterocycles. The Morgan fingerprint density at radius 3 is 2.10 bits per heavy atom. The third-order valence-electron chi connectivity index (χ3n) is 3.35. The molecule has 1 aliphatic heterocycles. The molecule has 0 atom stereocenters. The monoisotopic (exact) mass is 286 g/mol. The van der Waals surface area contributed by atoms with E-state index >= 15 is 0 Å². The van der Waals surface area contributed by atoms with Crippen LogP contribution in [-0.2, 0) is 6.54 Å². The van der Waals surface area contributed by atoms with E-state index in [4.69, 9.17) is 17.3 Å². The third kappa shape index (κ3) is 1.85. The first-order valence-electron chi connectivity index (χ1n) is 6.07. The fraction of sp³-hybridized carbons (Fsp3) is 0.0667. The van der Waals surface area contributed by atoms with Crippen LogP contribution in [0.2, 0.25) is 5.02 Å². The van der Waals surface area contributed by atoms with Gasteiger partial charge in [0.1, 0.15) is 0 Å². The number of nitrogens with two attached hydrogens (primary N) is 1. The van der Waals surface area contributed by atoms with Crippen LogP contribution in [0, 0.1) is 0 Å². The lowest BCUT2D eigenvalue weighted by Crippen LogP contribution is -2.29. The number of hydrogen-bond donors (Lipinski definition) is 1. The van der Waals surface area contributed by atoms with Crippen LogP contribution in [0.1, 0.15) is 26.3 Å². The summed E-state index contributed by atoms with van der Waals surface area (Å²) in [6.07, 6.45) is 0. The second kappa shape index (κ2) is 4.65. The van der Waals surface area contributed by atoms with Gasteiger partial charge in [-0.2, -0.15) is 0 Å². The highest BCUT2D eigenvalue weighted by atomic mass is 35.5. The smallest absolute Gasteiger partial charge is 0.261 e. The van der Waals surface area contributed by atoms with Crippen molar-refractivity contribution in [2.24, 2.45) is 0 Å². The van der Waals surface area contributed by atoms with Gasteiger partial charge in [-0.1, -0.05) is 29.8 Å². The van der Waals surface area contributed by atoms with Crippen LogP contribution in [-0.4, -0.2) is 16.7 Å². The molecule has 2 amide bonds. The molecule has 4 nitrogen and oxygen atoms in total. The first-order valence-corrected chi connectivity index (χ1v) is 6.45. The van der Waals surface area contributed by atoms with Gasteiger partial charge in [-0.05, 0) is 24.3 Å². The van der Waals surface area contributed by atoms with Gasteiger partial charge >= 0.3 is 0 Å². The van der Waals surface area contributed by atoms with Gasteiger partial charge in [-0.15, -0.1) is 0 Å². The molecule has 3 rings (SSSR count). The van der Waals surface area contributed by atoms with E-state index in [0.29, 0.717) is 27.4 Å². The van der Waals surface area contributed by atoms with Crippen LogP contribution in [0.25, 0.3) is 0 Å². The van der Waals surface area contributed by atoms with E-state index in [1.165, 1.54) is 4.90 Å². The van der Waals surface area contributed by atoms with E-state index in [0.717, 1.165) is 0 Å². The lowest BCUT2D eigenvalue weighted by atomic mass is 10.1. The average molecular weight is 287 g/mol. The standard InChI is InChI=1S/C15H11ClN2O2/c16-12-6-3-7-13(17)11(12)8-18-14(19)9-4-1-2-5-10(9)15(18)20/h1-7H,8,17H2. The molecule has 0 unspecified atom stereocenters. The van der Waals surface area contributed by atoms with E-state index < -0.39 is 0 Å². The molecule has 100 valence electrons. The van der Waals surface area contributed by atoms with Crippen molar-refractivity contribution in [1.82, 2.24) is 4.90 Å². The molecule has 0 radical (unpaired) electrons. The average Bonchev–Trinajstić information content (AvgIpc) is 2.68. The Bertz CT molecular complexity index is 672. The molecular weight excluding hydrogens is 276 g/mol. The van der Waals surface area contributed by atoms with Crippen LogP contribution in [0.5, 0.6) is 0 Å². The molecule has 0 aliphatic carbocycles. The van der Waals surface area contributed by atoms with Gasteiger partial charge in [-0.3, -0.25) is 14.5 Å². The summed E-state index contributed by atoms with van der Waals surface area (Å²) >= 11 is 6.09. The summed E-state index contributed by atoms with van der Waals surface area (Å²) in [6.45, 7) is 0.0812. The maximum Gasteiger partial charge on any atom is 0.261 e. The van der Waals surface area contributed by atoms with Gasteiger partial charge < -0.3 is 5.73 Å². The quantitative estimate of drug-likeness (QED) is 0.682. The normalized spacial score (nSPS) is 13.8. The second-order valence-electron chi connectivity index (χ2n) is 4.55. The number of halogens is 1. The Hall–Kier alpha value is -2.33. The van der Waals surface area contributed by atoms with Gasteiger partial charge in [0, 0.05) is 16.3 Å². The zero-order chi connectivity index (χ0) is 14.3. The van der Waals surface area contributed by atoms with Crippen LogP contribution >= 0.6 is 11.6 Å². The minimum absolute atomic E-state index is 0.0812. The molecule has 1 heterocycles. The first-order chi connectivity index (χ1) is 9.59. The number of amides is 2. The van der Waals surface area contributed by atoms with Crippen LogP contribution in [0.15, 0.2) is 42.5 Å². The van der Waals surface area contributed by atoms with Crippen molar-refractivity contribution >= 4 is 29.1 Å². The predicted octanol–water partition coefficient (Wildman–Crippen LogP) is 2.72. The summed E-state index contributed by atoms with van der Waals surface area (Å²) in [4.78, 5) is 25.7. The summed E-state index contributed by atoms with van der Waals surface area (Å²) in [5.41, 5.74) is 7.75. The highest BCUT2D eigenvalue weighted by Gasteiger charge is 2.35. The molecule has 0 saturated carbocycles. The summed E-state index contributed by atoms with van der Waals surface area (Å²) < 4.78 is 0. The largest absolute Gasteiger partial charge is 0.398 e. The molecule has 2 N–H and O–H groups in total. The van der Waals surface area contributed by atoms with E-state index in [-0.39, 0.29) is 18.4 Å². The maximum atomic E-state index is 12.3. The topological polar surface area (TPSA) is 63.4 Å². The first kappa shape index (κ1) is 12.7. The van der Waals surface area contributed by atoms with Crippen molar-refractivity contribution in [3.05, 3.63) is 64.2 Å². The Balaban J connectivity index is 1.98. The lowest BCUT2D eigenvalue weighted by molar-refractivity contribution is 0.0643. The van der Waals surface area contributed by atoms with Gasteiger partial charge in [0.25, 0.3) is 11.8 Å². The number of hydrogen-bond acceptors (Lipinski definition) is 3. The predicted molar refractivity (Wildman–Crippen MR) is 76.5 cm³/mol.